The number of hydrogen-bond donors (Lipinski definition) is 1. The number of pyridine rings is 2. The van der Waals surface area contributed by atoms with Crippen molar-refractivity contribution in [2.24, 2.45) is 0 Å². The Bertz CT molecular complexity index is 1260. The van der Waals surface area contributed by atoms with E-state index in [9.17, 15) is 4.79 Å². The largest absolute Gasteiger partial charge is 0.306 e. The molecule has 0 fully saturated rings. The van der Waals surface area contributed by atoms with Gasteiger partial charge in [0.05, 0.1) is 27.7 Å². The minimum absolute atomic E-state index is 0.0792. The highest BCUT2D eigenvalue weighted by molar-refractivity contribution is 6.30. The first-order valence-corrected chi connectivity index (χ1v) is 9.84. The summed E-state index contributed by atoms with van der Waals surface area (Å²) in [5, 5.41) is 0.671. The van der Waals surface area contributed by atoms with Gasteiger partial charge in [0.1, 0.15) is 11.5 Å². The molecule has 0 aliphatic carbocycles. The Morgan fingerprint density at radius 1 is 1.17 bits per heavy atom. The zero-order valence-corrected chi connectivity index (χ0v) is 16.6. The molecule has 1 aliphatic heterocycles. The van der Waals surface area contributed by atoms with Crippen LogP contribution in [0.25, 0.3) is 17.0 Å². The monoisotopic (exact) mass is 406 g/mol. The molecule has 0 radical (unpaired) electrons. The molecular weight excluding hydrogens is 388 g/mol. The molecule has 8 heteroatoms. The van der Waals surface area contributed by atoms with Gasteiger partial charge in [-0.3, -0.25) is 14.7 Å². The van der Waals surface area contributed by atoms with Gasteiger partial charge in [0, 0.05) is 50.2 Å². The van der Waals surface area contributed by atoms with Gasteiger partial charge in [-0.25, -0.2) is 9.97 Å². The molecule has 4 aromatic rings. The molecular formula is C21H19ClN6O. The molecule has 1 aliphatic rings. The number of imidazole rings is 1. The predicted molar refractivity (Wildman–Crippen MR) is 111 cm³/mol. The van der Waals surface area contributed by atoms with Crippen LogP contribution in [0.5, 0.6) is 0 Å². The SMILES string of the molecule is Cc1nc2ccc(Cl)cn2c1CN1CCc2nc(-c3ccncc3)[nH]c(=O)c2C1. The first-order chi connectivity index (χ1) is 14.1. The Morgan fingerprint density at radius 2 is 2.00 bits per heavy atom. The van der Waals surface area contributed by atoms with Crippen LogP contribution in [0.2, 0.25) is 5.02 Å². The maximum atomic E-state index is 12.8. The van der Waals surface area contributed by atoms with Crippen molar-refractivity contribution in [2.75, 3.05) is 6.54 Å². The lowest BCUT2D eigenvalue weighted by molar-refractivity contribution is 0.238. The summed E-state index contributed by atoms with van der Waals surface area (Å²) in [5.41, 5.74) is 5.32. The number of aromatic nitrogens is 5. The third-order valence-corrected chi connectivity index (χ3v) is 5.58. The molecule has 0 unspecified atom stereocenters. The number of aryl methyl sites for hydroxylation is 1. The standard InChI is InChI=1S/C21H19ClN6O/c1-13-18(28-10-15(22)2-3-19(28)24-13)12-27-9-6-17-16(11-27)21(29)26-20(25-17)14-4-7-23-8-5-14/h2-5,7-8,10H,6,9,11-12H2,1H3,(H,25,26,29). The highest BCUT2D eigenvalue weighted by Crippen LogP contribution is 2.22. The normalized spacial score (nSPS) is 14.3. The van der Waals surface area contributed by atoms with E-state index in [1.54, 1.807) is 12.4 Å². The van der Waals surface area contributed by atoms with Crippen LogP contribution in [-0.4, -0.2) is 35.8 Å². The lowest BCUT2D eigenvalue weighted by Crippen LogP contribution is -2.35. The zero-order valence-electron chi connectivity index (χ0n) is 15.9. The third kappa shape index (κ3) is 3.32. The lowest BCUT2D eigenvalue weighted by atomic mass is 10.1. The molecule has 1 N–H and O–H groups in total. The average Bonchev–Trinajstić information content (AvgIpc) is 3.03. The topological polar surface area (TPSA) is 79.2 Å². The van der Waals surface area contributed by atoms with Crippen molar-refractivity contribution in [3.8, 4) is 11.4 Å². The fourth-order valence-corrected chi connectivity index (χ4v) is 4.01. The Balaban J connectivity index is 1.44. The molecule has 5 rings (SSSR count). The van der Waals surface area contributed by atoms with E-state index in [0.717, 1.165) is 46.8 Å². The highest BCUT2D eigenvalue weighted by atomic mass is 35.5. The number of aromatic amines is 1. The quantitative estimate of drug-likeness (QED) is 0.565. The summed E-state index contributed by atoms with van der Waals surface area (Å²) < 4.78 is 2.03. The lowest BCUT2D eigenvalue weighted by Gasteiger charge is -2.27. The smallest absolute Gasteiger partial charge is 0.255 e. The van der Waals surface area contributed by atoms with Crippen molar-refractivity contribution < 1.29 is 0 Å². The Kier molecular flexibility index (Phi) is 4.41. The summed E-state index contributed by atoms with van der Waals surface area (Å²) >= 11 is 6.18. The molecule has 29 heavy (non-hydrogen) atoms. The number of H-pyrrole nitrogens is 1. The van der Waals surface area contributed by atoms with Crippen molar-refractivity contribution in [3.63, 3.8) is 0 Å². The van der Waals surface area contributed by atoms with E-state index in [0.29, 0.717) is 23.9 Å². The van der Waals surface area contributed by atoms with Crippen LogP contribution in [0.1, 0.15) is 22.6 Å². The number of fused-ring (bicyclic) bond motifs is 2. The first kappa shape index (κ1) is 18.0. The molecule has 0 spiro atoms. The van der Waals surface area contributed by atoms with Crippen molar-refractivity contribution in [1.29, 1.82) is 0 Å². The van der Waals surface area contributed by atoms with E-state index in [2.05, 4.69) is 19.9 Å². The van der Waals surface area contributed by atoms with Gasteiger partial charge < -0.3 is 9.38 Å². The molecule has 4 aromatic heterocycles. The molecule has 146 valence electrons. The Labute approximate surface area is 172 Å². The van der Waals surface area contributed by atoms with Crippen LogP contribution >= 0.6 is 11.6 Å². The van der Waals surface area contributed by atoms with Gasteiger partial charge in [-0.15, -0.1) is 0 Å². The van der Waals surface area contributed by atoms with Gasteiger partial charge >= 0.3 is 0 Å². The second-order valence-corrected chi connectivity index (χ2v) is 7.69. The van der Waals surface area contributed by atoms with Gasteiger partial charge in [0.25, 0.3) is 5.56 Å². The van der Waals surface area contributed by atoms with Crippen molar-refractivity contribution in [1.82, 2.24) is 29.2 Å². The molecule has 0 saturated carbocycles. The minimum atomic E-state index is -0.0792. The third-order valence-electron chi connectivity index (χ3n) is 5.36. The zero-order chi connectivity index (χ0) is 20.0. The molecule has 7 nitrogen and oxygen atoms in total. The van der Waals surface area contributed by atoms with Gasteiger partial charge in [-0.1, -0.05) is 11.6 Å². The molecule has 5 heterocycles. The van der Waals surface area contributed by atoms with Crippen LogP contribution in [0.4, 0.5) is 0 Å². The maximum absolute atomic E-state index is 12.8. The van der Waals surface area contributed by atoms with E-state index in [4.69, 9.17) is 16.6 Å². The van der Waals surface area contributed by atoms with E-state index in [-0.39, 0.29) is 5.56 Å². The second-order valence-electron chi connectivity index (χ2n) is 7.26. The van der Waals surface area contributed by atoms with Gasteiger partial charge in [0.2, 0.25) is 0 Å². The van der Waals surface area contributed by atoms with E-state index in [1.807, 2.05) is 41.8 Å². The van der Waals surface area contributed by atoms with Crippen molar-refractivity contribution in [3.05, 3.63) is 80.9 Å². The number of hydrogen-bond acceptors (Lipinski definition) is 5. The Morgan fingerprint density at radius 3 is 2.83 bits per heavy atom. The van der Waals surface area contributed by atoms with Crippen LogP contribution in [0.15, 0.2) is 47.7 Å². The summed E-state index contributed by atoms with van der Waals surface area (Å²) in [5.74, 6) is 0.594. The summed E-state index contributed by atoms with van der Waals surface area (Å²) in [4.78, 5) is 31.3. The fourth-order valence-electron chi connectivity index (χ4n) is 3.85. The molecule has 0 aromatic carbocycles. The second kappa shape index (κ2) is 7.09. The predicted octanol–water partition coefficient (Wildman–Crippen LogP) is 3.00. The summed E-state index contributed by atoms with van der Waals surface area (Å²) in [6.45, 7) is 4.08. The van der Waals surface area contributed by atoms with E-state index in [1.165, 1.54) is 0 Å². The van der Waals surface area contributed by atoms with Crippen LogP contribution in [0, 0.1) is 6.92 Å². The van der Waals surface area contributed by atoms with Crippen molar-refractivity contribution in [2.45, 2.75) is 26.4 Å². The Hall–Kier alpha value is -3.03. The van der Waals surface area contributed by atoms with Crippen LogP contribution in [-0.2, 0) is 19.5 Å². The maximum Gasteiger partial charge on any atom is 0.255 e. The molecule has 0 amide bonds. The molecule has 0 atom stereocenters. The average molecular weight is 407 g/mol. The minimum Gasteiger partial charge on any atom is -0.306 e. The van der Waals surface area contributed by atoms with Crippen molar-refractivity contribution >= 4 is 17.2 Å². The highest BCUT2D eigenvalue weighted by Gasteiger charge is 2.23. The summed E-state index contributed by atoms with van der Waals surface area (Å²) in [6, 6.07) is 7.45. The number of nitrogens with one attached hydrogen (secondary N) is 1. The van der Waals surface area contributed by atoms with Gasteiger partial charge in [-0.2, -0.15) is 0 Å². The fraction of sp³-hybridized carbons (Fsp3) is 0.238. The molecule has 0 bridgehead atoms. The van der Waals surface area contributed by atoms with Gasteiger partial charge in [-0.05, 0) is 31.2 Å². The molecule has 0 saturated heterocycles. The number of halogens is 1. The number of rotatable bonds is 3. The first-order valence-electron chi connectivity index (χ1n) is 9.46. The van der Waals surface area contributed by atoms with Crippen LogP contribution < -0.4 is 5.56 Å². The van der Waals surface area contributed by atoms with E-state index < -0.39 is 0 Å². The van der Waals surface area contributed by atoms with E-state index >= 15 is 0 Å². The van der Waals surface area contributed by atoms with Crippen LogP contribution in [0.3, 0.4) is 0 Å². The number of nitrogens with zero attached hydrogens (tertiary/aromatic N) is 5. The van der Waals surface area contributed by atoms with Gasteiger partial charge in [0.15, 0.2) is 0 Å². The summed E-state index contributed by atoms with van der Waals surface area (Å²) in [6.07, 6.45) is 6.01. The summed E-state index contributed by atoms with van der Waals surface area (Å²) in [7, 11) is 0.